The summed E-state index contributed by atoms with van der Waals surface area (Å²) in [5.74, 6) is 0. The van der Waals surface area contributed by atoms with Gasteiger partial charge in [0.2, 0.25) is 0 Å². The van der Waals surface area contributed by atoms with Gasteiger partial charge in [0.1, 0.15) is 0 Å². The van der Waals surface area contributed by atoms with Crippen LogP contribution in [0.2, 0.25) is 0 Å². The van der Waals surface area contributed by atoms with Crippen LogP contribution in [0, 0.1) is 0 Å². The van der Waals surface area contributed by atoms with Crippen molar-refractivity contribution in [3.8, 4) is 0 Å². The summed E-state index contributed by atoms with van der Waals surface area (Å²) in [6, 6.07) is 11.4. The molecule has 0 amide bonds. The van der Waals surface area contributed by atoms with Crippen LogP contribution in [0.5, 0.6) is 0 Å². The van der Waals surface area contributed by atoms with Crippen LogP contribution in [-0.4, -0.2) is 0 Å². The first-order valence-corrected chi connectivity index (χ1v) is 7.88. The lowest BCUT2D eigenvalue weighted by Gasteiger charge is -2.09. The highest BCUT2D eigenvalue weighted by atomic mass is 31.0. The molecule has 0 fully saturated rings. The highest BCUT2D eigenvalue weighted by Gasteiger charge is 2.03. The van der Waals surface area contributed by atoms with Crippen molar-refractivity contribution in [3.63, 3.8) is 0 Å². The van der Waals surface area contributed by atoms with E-state index in [0.29, 0.717) is 0 Å². The van der Waals surface area contributed by atoms with Crippen LogP contribution < -0.4 is 0 Å². The first-order valence-electron chi connectivity index (χ1n) is 5.43. The molecule has 16 heavy (non-hydrogen) atoms. The second-order valence-electron chi connectivity index (χ2n) is 3.92. The second kappa shape index (κ2) is 5.55. The molecule has 0 saturated carbocycles. The van der Waals surface area contributed by atoms with E-state index < -0.39 is 0 Å². The Balaban J connectivity index is 2.69. The van der Waals surface area contributed by atoms with Crippen LogP contribution in [-0.2, 0) is 18.5 Å². The summed E-state index contributed by atoms with van der Waals surface area (Å²) < 4.78 is 0. The van der Waals surface area contributed by atoms with E-state index >= 15 is 0 Å². The zero-order chi connectivity index (χ0) is 11.5. The van der Waals surface area contributed by atoms with Gasteiger partial charge in [-0.05, 0) is 45.9 Å². The molecule has 0 spiro atoms. The fourth-order valence-corrected chi connectivity index (χ4v) is 2.79. The minimum absolute atomic E-state index is 1.02. The Morgan fingerprint density at radius 2 is 1.50 bits per heavy atom. The molecule has 0 radical (unpaired) electrons. The van der Waals surface area contributed by atoms with Crippen LogP contribution >= 0.6 is 27.7 Å². The molecule has 3 unspecified atom stereocenters. The smallest absolute Gasteiger partial charge is 0.0122 e. The maximum absolute atomic E-state index is 2.83. The lowest BCUT2D eigenvalue weighted by atomic mass is 10.0. The van der Waals surface area contributed by atoms with Crippen molar-refractivity contribution in [2.75, 3.05) is 0 Å². The zero-order valence-corrected chi connectivity index (χ0v) is 12.7. The fourth-order valence-electron chi connectivity index (χ4n) is 1.96. The standard InChI is InChI=1S/C13H17P3/c14-6-9-1-2-11-3-10(7-15)4-12(8-16)13(11)5-9/h1-5H,6-8,14-16H2. The topological polar surface area (TPSA) is 0 Å². The van der Waals surface area contributed by atoms with E-state index in [4.69, 9.17) is 0 Å². The van der Waals surface area contributed by atoms with Crippen molar-refractivity contribution in [2.24, 2.45) is 0 Å². The van der Waals surface area contributed by atoms with Gasteiger partial charge in [-0.15, -0.1) is 27.7 Å². The summed E-state index contributed by atoms with van der Waals surface area (Å²) >= 11 is 0. The van der Waals surface area contributed by atoms with Gasteiger partial charge in [0.05, 0.1) is 0 Å². The molecule has 0 N–H and O–H groups in total. The number of hydrogen-bond acceptors (Lipinski definition) is 0. The highest BCUT2D eigenvalue weighted by molar-refractivity contribution is 7.15. The maximum Gasteiger partial charge on any atom is -0.0122 e. The summed E-state index contributed by atoms with van der Waals surface area (Å²) in [5, 5.41) is 2.76. The Kier molecular flexibility index (Phi) is 4.32. The van der Waals surface area contributed by atoms with E-state index in [2.05, 4.69) is 58.1 Å². The minimum Gasteiger partial charge on any atom is -0.133 e. The Bertz CT molecular complexity index is 506. The fraction of sp³-hybridized carbons (Fsp3) is 0.231. The number of hydrogen-bond donors (Lipinski definition) is 0. The van der Waals surface area contributed by atoms with Crippen molar-refractivity contribution in [3.05, 3.63) is 47.0 Å². The average molecular weight is 266 g/mol. The molecule has 2 rings (SSSR count). The first-order chi connectivity index (χ1) is 7.78. The maximum atomic E-state index is 2.83. The van der Waals surface area contributed by atoms with Crippen molar-refractivity contribution in [1.29, 1.82) is 0 Å². The van der Waals surface area contributed by atoms with Crippen LogP contribution in [0.4, 0.5) is 0 Å². The number of rotatable bonds is 3. The van der Waals surface area contributed by atoms with Gasteiger partial charge in [-0.1, -0.05) is 30.3 Å². The van der Waals surface area contributed by atoms with Crippen molar-refractivity contribution < 1.29 is 0 Å². The second-order valence-corrected chi connectivity index (χ2v) is 5.15. The average Bonchev–Trinajstić information content (AvgIpc) is 2.36. The van der Waals surface area contributed by atoms with Gasteiger partial charge in [-0.3, -0.25) is 0 Å². The molecule has 3 heteroatoms. The molecule has 0 saturated heterocycles. The van der Waals surface area contributed by atoms with Crippen LogP contribution in [0.1, 0.15) is 16.7 Å². The highest BCUT2D eigenvalue weighted by Crippen LogP contribution is 2.26. The molecule has 2 aromatic carbocycles. The summed E-state index contributed by atoms with van der Waals surface area (Å²) in [4.78, 5) is 0. The number of benzene rings is 2. The molecule has 2 aromatic rings. The van der Waals surface area contributed by atoms with Crippen molar-refractivity contribution in [1.82, 2.24) is 0 Å². The Morgan fingerprint density at radius 1 is 0.750 bits per heavy atom. The molecule has 0 heterocycles. The number of fused-ring (bicyclic) bond motifs is 1. The molecule has 84 valence electrons. The van der Waals surface area contributed by atoms with E-state index in [-0.39, 0.29) is 0 Å². The molecule has 0 bridgehead atoms. The predicted octanol–water partition coefficient (Wildman–Crippen LogP) is 3.97. The monoisotopic (exact) mass is 266 g/mol. The quantitative estimate of drug-likeness (QED) is 0.737. The molecular weight excluding hydrogens is 249 g/mol. The lowest BCUT2D eigenvalue weighted by Crippen LogP contribution is -1.88. The van der Waals surface area contributed by atoms with E-state index in [1.165, 1.54) is 27.5 Å². The van der Waals surface area contributed by atoms with Gasteiger partial charge in [0.25, 0.3) is 0 Å². The van der Waals surface area contributed by atoms with Gasteiger partial charge in [-0.25, -0.2) is 0 Å². The largest absolute Gasteiger partial charge is 0.133 e. The third-order valence-electron chi connectivity index (χ3n) is 2.86. The molecular formula is C13H17P3. The summed E-state index contributed by atoms with van der Waals surface area (Å²) in [6.45, 7) is 0. The summed E-state index contributed by atoms with van der Waals surface area (Å²) in [7, 11) is 8.41. The summed E-state index contributed by atoms with van der Waals surface area (Å²) in [5.41, 5.74) is 4.21. The molecule has 0 aliphatic rings. The van der Waals surface area contributed by atoms with Gasteiger partial charge in [0.15, 0.2) is 0 Å². The van der Waals surface area contributed by atoms with E-state index in [1.54, 1.807) is 0 Å². The van der Waals surface area contributed by atoms with E-state index in [9.17, 15) is 0 Å². The zero-order valence-electron chi connectivity index (χ0n) is 9.24. The van der Waals surface area contributed by atoms with Crippen LogP contribution in [0.15, 0.2) is 30.3 Å². The molecule has 0 aliphatic heterocycles. The lowest BCUT2D eigenvalue weighted by molar-refractivity contribution is 1.36. The van der Waals surface area contributed by atoms with Crippen molar-refractivity contribution >= 4 is 38.5 Å². The normalized spacial score (nSPS) is 10.9. The molecule has 0 aromatic heterocycles. The van der Waals surface area contributed by atoms with Gasteiger partial charge < -0.3 is 0 Å². The van der Waals surface area contributed by atoms with Gasteiger partial charge in [0, 0.05) is 0 Å². The van der Waals surface area contributed by atoms with E-state index in [0.717, 1.165) is 18.5 Å². The summed E-state index contributed by atoms with van der Waals surface area (Å²) in [6.07, 6.45) is 3.08. The SMILES string of the molecule is PCc1cc(CP)c2cc(CP)ccc2c1. The van der Waals surface area contributed by atoms with Crippen LogP contribution in [0.3, 0.4) is 0 Å². The van der Waals surface area contributed by atoms with E-state index in [1.807, 2.05) is 0 Å². The molecule has 3 atom stereocenters. The van der Waals surface area contributed by atoms with Gasteiger partial charge in [-0.2, -0.15) is 0 Å². The Labute approximate surface area is 104 Å². The Hall–Kier alpha value is -0.0100. The molecule has 0 aliphatic carbocycles. The third kappa shape index (κ3) is 2.46. The van der Waals surface area contributed by atoms with Gasteiger partial charge >= 0.3 is 0 Å². The third-order valence-corrected chi connectivity index (χ3v) is 4.24. The van der Waals surface area contributed by atoms with Crippen LogP contribution in [0.25, 0.3) is 10.8 Å². The first kappa shape index (κ1) is 12.4. The molecule has 0 nitrogen and oxygen atoms in total. The minimum atomic E-state index is 1.02. The van der Waals surface area contributed by atoms with Crippen molar-refractivity contribution in [2.45, 2.75) is 18.5 Å². The Morgan fingerprint density at radius 3 is 2.12 bits per heavy atom. The predicted molar refractivity (Wildman–Crippen MR) is 84.2 cm³/mol.